The Labute approximate surface area is 205 Å². The fourth-order valence-corrected chi connectivity index (χ4v) is 5.10. The molecule has 3 aromatic carbocycles. The van der Waals surface area contributed by atoms with Crippen molar-refractivity contribution in [3.8, 4) is 5.75 Å². The number of hydrogen-bond donors (Lipinski definition) is 0. The first-order valence-electron chi connectivity index (χ1n) is 12.2. The molecule has 0 bridgehead atoms. The quantitative estimate of drug-likeness (QED) is 0.292. The summed E-state index contributed by atoms with van der Waals surface area (Å²) in [5.41, 5.74) is 8.67. The Balaban J connectivity index is 2.23. The molecule has 2 heteroatoms. The minimum atomic E-state index is -1.01. The maximum absolute atomic E-state index is 14.2. The zero-order valence-electron chi connectivity index (χ0n) is 22.4. The molecule has 3 aromatic rings. The van der Waals surface area contributed by atoms with Gasteiger partial charge >= 0.3 is 5.97 Å². The van der Waals surface area contributed by atoms with Crippen molar-refractivity contribution in [3.05, 3.63) is 98.6 Å². The summed E-state index contributed by atoms with van der Waals surface area (Å²) in [6.45, 7) is 21.7. The number of ether oxygens (including phenoxy) is 1. The molecule has 1 aliphatic rings. The Morgan fingerprint density at radius 2 is 1.38 bits per heavy atom. The number of hydrogen-bond acceptors (Lipinski definition) is 2. The average molecular weight is 455 g/mol. The lowest BCUT2D eigenvalue weighted by Crippen LogP contribution is -2.37. The summed E-state index contributed by atoms with van der Waals surface area (Å²) in [4.78, 5) is 14.2. The smallest absolute Gasteiger partial charge is 0.331 e. The molecule has 4 rings (SSSR count). The summed E-state index contributed by atoms with van der Waals surface area (Å²) in [5, 5.41) is 0. The van der Waals surface area contributed by atoms with Crippen molar-refractivity contribution in [1.82, 2.24) is 0 Å². The zero-order chi connectivity index (χ0) is 25.2. The van der Waals surface area contributed by atoms with E-state index in [-0.39, 0.29) is 16.8 Å². The normalized spacial score (nSPS) is 18.1. The van der Waals surface area contributed by atoms with Gasteiger partial charge in [-0.2, -0.15) is 0 Å². The largest absolute Gasteiger partial charge is 0.425 e. The van der Waals surface area contributed by atoms with E-state index in [4.69, 9.17) is 4.74 Å². The lowest BCUT2D eigenvalue weighted by atomic mass is 9.66. The third kappa shape index (κ3) is 3.59. The molecular formula is C32H38O2. The van der Waals surface area contributed by atoms with E-state index >= 15 is 0 Å². The molecule has 0 spiro atoms. The van der Waals surface area contributed by atoms with E-state index in [2.05, 4.69) is 118 Å². The minimum Gasteiger partial charge on any atom is -0.425 e. The monoisotopic (exact) mass is 454 g/mol. The number of fused-ring (bicyclic) bond motifs is 1. The minimum absolute atomic E-state index is 0.0722. The molecule has 0 radical (unpaired) electrons. The van der Waals surface area contributed by atoms with Crippen LogP contribution in [0.3, 0.4) is 0 Å². The predicted octanol–water partition coefficient (Wildman–Crippen LogP) is 7.77. The maximum Gasteiger partial charge on any atom is 0.331 e. The Morgan fingerprint density at radius 3 is 1.97 bits per heavy atom. The van der Waals surface area contributed by atoms with Gasteiger partial charge in [-0.15, -0.1) is 0 Å². The standard InChI is InChI=1S/C32H38O2/c1-19-14-15-23(16-21(19)3)32(25-13-11-12-20(2)22(25)4)27-18-24(30(5,6)7)17-26(31(8,9)10)28(27)34-29(32)33/h11-18H,1-10H3. The summed E-state index contributed by atoms with van der Waals surface area (Å²) in [6.07, 6.45) is 0. The molecule has 0 N–H and O–H groups in total. The molecule has 1 aliphatic heterocycles. The highest BCUT2D eigenvalue weighted by molar-refractivity contribution is 5.99. The van der Waals surface area contributed by atoms with Crippen molar-refractivity contribution >= 4 is 5.97 Å². The molecule has 2 nitrogen and oxygen atoms in total. The molecule has 1 heterocycles. The fourth-order valence-electron chi connectivity index (χ4n) is 5.10. The van der Waals surface area contributed by atoms with Gasteiger partial charge < -0.3 is 4.74 Å². The van der Waals surface area contributed by atoms with Gasteiger partial charge in [-0.25, -0.2) is 4.79 Å². The molecule has 0 fully saturated rings. The van der Waals surface area contributed by atoms with Crippen LogP contribution in [0.2, 0.25) is 0 Å². The first-order chi connectivity index (χ1) is 15.7. The van der Waals surface area contributed by atoms with E-state index in [0.717, 1.165) is 33.6 Å². The van der Waals surface area contributed by atoms with E-state index < -0.39 is 5.41 Å². The number of rotatable bonds is 2. The summed E-state index contributed by atoms with van der Waals surface area (Å²) >= 11 is 0. The summed E-state index contributed by atoms with van der Waals surface area (Å²) in [7, 11) is 0. The Bertz CT molecular complexity index is 1300. The van der Waals surface area contributed by atoms with E-state index in [1.54, 1.807) is 0 Å². The van der Waals surface area contributed by atoms with Crippen molar-refractivity contribution in [1.29, 1.82) is 0 Å². The molecule has 0 saturated carbocycles. The lowest BCUT2D eigenvalue weighted by molar-refractivity contribution is -0.135. The number of carbonyl (C=O) groups excluding carboxylic acids is 1. The Morgan fingerprint density at radius 1 is 0.706 bits per heavy atom. The van der Waals surface area contributed by atoms with Crippen LogP contribution in [0.25, 0.3) is 0 Å². The van der Waals surface area contributed by atoms with Gasteiger partial charge in [-0.05, 0) is 83.5 Å². The van der Waals surface area contributed by atoms with Crippen molar-refractivity contribution in [2.75, 3.05) is 0 Å². The summed E-state index contributed by atoms with van der Waals surface area (Å²) in [6, 6.07) is 17.2. The molecule has 178 valence electrons. The second-order valence-corrected chi connectivity index (χ2v) is 12.1. The molecule has 1 unspecified atom stereocenters. The van der Waals surface area contributed by atoms with Crippen LogP contribution in [-0.2, 0) is 21.0 Å². The summed E-state index contributed by atoms with van der Waals surface area (Å²) in [5.74, 6) is 0.514. The fraction of sp³-hybridized carbons (Fsp3) is 0.406. The van der Waals surface area contributed by atoms with Gasteiger partial charge in [0.15, 0.2) is 0 Å². The highest BCUT2D eigenvalue weighted by atomic mass is 16.5. The Hall–Kier alpha value is -2.87. The molecule has 0 aliphatic carbocycles. The predicted molar refractivity (Wildman–Crippen MR) is 141 cm³/mol. The van der Waals surface area contributed by atoms with E-state index in [1.807, 2.05) is 0 Å². The lowest BCUT2D eigenvalue weighted by Gasteiger charge is -2.32. The number of esters is 1. The van der Waals surface area contributed by atoms with Crippen LogP contribution in [0.5, 0.6) is 5.75 Å². The van der Waals surface area contributed by atoms with Gasteiger partial charge in [-0.3, -0.25) is 0 Å². The highest BCUT2D eigenvalue weighted by Gasteiger charge is 2.54. The van der Waals surface area contributed by atoms with Gasteiger partial charge in [0.05, 0.1) is 0 Å². The van der Waals surface area contributed by atoms with Gasteiger partial charge in [0.2, 0.25) is 0 Å². The van der Waals surface area contributed by atoms with Gasteiger partial charge in [0, 0.05) is 11.1 Å². The van der Waals surface area contributed by atoms with Crippen LogP contribution in [0.15, 0.2) is 48.5 Å². The second-order valence-electron chi connectivity index (χ2n) is 12.1. The van der Waals surface area contributed by atoms with Crippen LogP contribution >= 0.6 is 0 Å². The SMILES string of the molecule is Cc1ccc(C2(c3cccc(C)c3C)C(=O)Oc3c(C(C)(C)C)cc(C(C)(C)C)cc32)cc1C. The van der Waals surface area contributed by atoms with Gasteiger partial charge in [-0.1, -0.05) is 84.0 Å². The van der Waals surface area contributed by atoms with E-state index in [9.17, 15) is 4.79 Å². The molecular weight excluding hydrogens is 416 g/mol. The van der Waals surface area contributed by atoms with Crippen LogP contribution in [-0.4, -0.2) is 5.97 Å². The zero-order valence-corrected chi connectivity index (χ0v) is 22.4. The van der Waals surface area contributed by atoms with Crippen LogP contribution < -0.4 is 4.74 Å². The van der Waals surface area contributed by atoms with Crippen LogP contribution in [0.4, 0.5) is 0 Å². The molecule has 0 aromatic heterocycles. The number of carbonyl (C=O) groups is 1. The van der Waals surface area contributed by atoms with Gasteiger partial charge in [0.25, 0.3) is 0 Å². The van der Waals surface area contributed by atoms with Crippen molar-refractivity contribution < 1.29 is 9.53 Å². The second kappa shape index (κ2) is 7.83. The first kappa shape index (κ1) is 24.3. The van der Waals surface area contributed by atoms with Gasteiger partial charge in [0.1, 0.15) is 11.2 Å². The maximum atomic E-state index is 14.2. The third-order valence-corrected chi connectivity index (χ3v) is 7.62. The van der Waals surface area contributed by atoms with Crippen molar-refractivity contribution in [2.45, 2.75) is 85.5 Å². The van der Waals surface area contributed by atoms with Crippen molar-refractivity contribution in [2.24, 2.45) is 0 Å². The highest BCUT2D eigenvalue weighted by Crippen LogP contribution is 2.54. The van der Waals surface area contributed by atoms with Crippen LogP contribution in [0.1, 0.15) is 91.6 Å². The molecule has 0 saturated heterocycles. The van der Waals surface area contributed by atoms with Crippen LogP contribution in [0, 0.1) is 27.7 Å². The topological polar surface area (TPSA) is 26.3 Å². The molecule has 0 amide bonds. The number of aryl methyl sites for hydroxylation is 3. The van der Waals surface area contributed by atoms with E-state index in [1.165, 1.54) is 22.3 Å². The van der Waals surface area contributed by atoms with Crippen molar-refractivity contribution in [3.63, 3.8) is 0 Å². The third-order valence-electron chi connectivity index (χ3n) is 7.62. The number of benzene rings is 3. The molecule has 34 heavy (non-hydrogen) atoms. The average Bonchev–Trinajstić information content (AvgIpc) is 3.02. The Kier molecular flexibility index (Phi) is 5.59. The summed E-state index contributed by atoms with van der Waals surface area (Å²) < 4.78 is 6.28. The van der Waals surface area contributed by atoms with E-state index in [0.29, 0.717) is 0 Å². The first-order valence-corrected chi connectivity index (χ1v) is 12.2. The molecule has 1 atom stereocenters.